The first kappa shape index (κ1) is 16.9. The Morgan fingerprint density at radius 2 is 1.73 bits per heavy atom. The maximum absolute atomic E-state index is 13.2. The molecule has 1 aromatic heterocycles. The second-order valence-electron chi connectivity index (χ2n) is 4.48. The summed E-state index contributed by atoms with van der Waals surface area (Å²) in [5.41, 5.74) is -3.74. The monoisotopic (exact) mass is 351 g/mol. The molecular formula is C13H12F3NO3S2. The van der Waals surface area contributed by atoms with Gasteiger partial charge in [0.2, 0.25) is 10.0 Å². The Morgan fingerprint density at radius 3 is 2.23 bits per heavy atom. The zero-order valence-electron chi connectivity index (χ0n) is 11.0. The lowest BCUT2D eigenvalue weighted by Gasteiger charge is -2.31. The average molecular weight is 351 g/mol. The van der Waals surface area contributed by atoms with Crippen molar-refractivity contribution in [3.63, 3.8) is 0 Å². The van der Waals surface area contributed by atoms with Crippen LogP contribution in [0.25, 0.3) is 0 Å². The van der Waals surface area contributed by atoms with Crippen molar-refractivity contribution in [2.24, 2.45) is 0 Å². The summed E-state index contributed by atoms with van der Waals surface area (Å²) < 4.78 is 65.2. The van der Waals surface area contributed by atoms with Crippen LogP contribution in [0.4, 0.5) is 13.2 Å². The first-order chi connectivity index (χ1) is 10.2. The van der Waals surface area contributed by atoms with Gasteiger partial charge in [-0.05, 0) is 17.0 Å². The highest BCUT2D eigenvalue weighted by Gasteiger charge is 2.55. The Kier molecular flexibility index (Phi) is 4.62. The summed E-state index contributed by atoms with van der Waals surface area (Å²) in [7, 11) is -4.11. The van der Waals surface area contributed by atoms with Gasteiger partial charge in [0.15, 0.2) is 5.60 Å². The second kappa shape index (κ2) is 5.99. The van der Waals surface area contributed by atoms with Crippen LogP contribution in [-0.2, 0) is 15.6 Å². The molecule has 9 heteroatoms. The minimum Gasteiger partial charge on any atom is -0.375 e. The van der Waals surface area contributed by atoms with E-state index in [0.29, 0.717) is 0 Å². The fraction of sp³-hybridized carbons (Fsp3) is 0.231. The Hall–Kier alpha value is -1.42. The molecule has 0 saturated carbocycles. The standard InChI is InChI=1S/C13H12F3NO3S2/c14-13(15,16)12(18,10-5-2-1-3-6-10)9-17-22(19,20)11-7-4-8-21-11/h1-8,17-18H,9H2. The molecule has 2 aromatic rings. The van der Waals surface area contributed by atoms with Crippen molar-refractivity contribution in [2.75, 3.05) is 6.54 Å². The number of hydrogen-bond donors (Lipinski definition) is 2. The first-order valence-electron chi connectivity index (χ1n) is 6.05. The predicted molar refractivity (Wildman–Crippen MR) is 75.9 cm³/mol. The van der Waals surface area contributed by atoms with Crippen LogP contribution in [0.2, 0.25) is 0 Å². The topological polar surface area (TPSA) is 66.4 Å². The molecule has 4 nitrogen and oxygen atoms in total. The Bertz CT molecular complexity index is 715. The van der Waals surface area contributed by atoms with Gasteiger partial charge in [-0.25, -0.2) is 13.1 Å². The van der Waals surface area contributed by atoms with Crippen LogP contribution in [0.5, 0.6) is 0 Å². The summed E-state index contributed by atoms with van der Waals surface area (Å²) in [6.07, 6.45) is -5.04. The molecule has 0 saturated heterocycles. The molecule has 1 aromatic carbocycles. The minimum absolute atomic E-state index is 0.120. The summed E-state index contributed by atoms with van der Waals surface area (Å²) in [6, 6.07) is 9.07. The maximum atomic E-state index is 13.2. The molecule has 1 atom stereocenters. The third kappa shape index (κ3) is 3.32. The van der Waals surface area contributed by atoms with Crippen molar-refractivity contribution in [3.05, 3.63) is 53.4 Å². The van der Waals surface area contributed by atoms with Crippen molar-refractivity contribution < 1.29 is 26.7 Å². The zero-order valence-corrected chi connectivity index (χ0v) is 12.7. The van der Waals surface area contributed by atoms with Crippen LogP contribution >= 0.6 is 11.3 Å². The van der Waals surface area contributed by atoms with E-state index >= 15 is 0 Å². The van der Waals surface area contributed by atoms with Crippen molar-refractivity contribution in [1.29, 1.82) is 0 Å². The molecule has 120 valence electrons. The van der Waals surface area contributed by atoms with Crippen LogP contribution in [0.3, 0.4) is 0 Å². The number of aliphatic hydroxyl groups is 1. The fourth-order valence-electron chi connectivity index (χ4n) is 1.77. The molecule has 0 aliphatic rings. The van der Waals surface area contributed by atoms with Crippen LogP contribution in [0, 0.1) is 0 Å². The lowest BCUT2D eigenvalue weighted by molar-refractivity contribution is -0.263. The van der Waals surface area contributed by atoms with Crippen LogP contribution in [0.1, 0.15) is 5.56 Å². The van der Waals surface area contributed by atoms with E-state index in [1.54, 1.807) is 0 Å². The average Bonchev–Trinajstić information content (AvgIpc) is 2.99. The number of thiophene rings is 1. The van der Waals surface area contributed by atoms with Crippen molar-refractivity contribution in [1.82, 2.24) is 4.72 Å². The fourth-order valence-corrected chi connectivity index (χ4v) is 3.86. The van der Waals surface area contributed by atoms with E-state index in [-0.39, 0.29) is 4.21 Å². The lowest BCUT2D eigenvalue weighted by Crippen LogP contribution is -2.50. The summed E-state index contributed by atoms with van der Waals surface area (Å²) in [4.78, 5) is 0. The molecule has 2 N–H and O–H groups in total. The van der Waals surface area contributed by atoms with Gasteiger partial charge in [0.25, 0.3) is 0 Å². The van der Waals surface area contributed by atoms with Crippen molar-refractivity contribution >= 4 is 21.4 Å². The molecule has 0 fully saturated rings. The zero-order chi connectivity index (χ0) is 16.4. The van der Waals surface area contributed by atoms with Gasteiger partial charge in [0.1, 0.15) is 4.21 Å². The second-order valence-corrected chi connectivity index (χ2v) is 7.42. The summed E-state index contributed by atoms with van der Waals surface area (Å²) in [6.45, 7) is -1.21. The van der Waals surface area contributed by atoms with Crippen molar-refractivity contribution in [2.45, 2.75) is 16.0 Å². The molecule has 22 heavy (non-hydrogen) atoms. The van der Waals surface area contributed by atoms with E-state index in [9.17, 15) is 26.7 Å². The largest absolute Gasteiger partial charge is 0.422 e. The first-order valence-corrected chi connectivity index (χ1v) is 8.41. The number of alkyl halides is 3. The minimum atomic E-state index is -5.04. The van der Waals surface area contributed by atoms with Crippen LogP contribution < -0.4 is 4.72 Å². The number of rotatable bonds is 5. The number of nitrogens with one attached hydrogen (secondary N) is 1. The molecule has 0 aliphatic carbocycles. The lowest BCUT2D eigenvalue weighted by atomic mass is 9.93. The maximum Gasteiger partial charge on any atom is 0.422 e. The molecule has 0 bridgehead atoms. The van der Waals surface area contributed by atoms with Gasteiger partial charge < -0.3 is 5.11 Å². The van der Waals surface area contributed by atoms with Crippen molar-refractivity contribution in [3.8, 4) is 0 Å². The van der Waals surface area contributed by atoms with Gasteiger partial charge in [-0.3, -0.25) is 0 Å². The summed E-state index contributed by atoms with van der Waals surface area (Å²) in [5, 5.41) is 11.5. The highest BCUT2D eigenvalue weighted by molar-refractivity contribution is 7.91. The van der Waals surface area contributed by atoms with E-state index in [1.807, 2.05) is 4.72 Å². The molecule has 1 unspecified atom stereocenters. The third-order valence-electron chi connectivity index (χ3n) is 3.00. The van der Waals surface area contributed by atoms with Gasteiger partial charge in [-0.1, -0.05) is 36.4 Å². The number of sulfonamides is 1. The number of benzene rings is 1. The summed E-state index contributed by atoms with van der Waals surface area (Å²) in [5.74, 6) is 0. The Balaban J connectivity index is 2.30. The number of halogens is 3. The van der Waals surface area contributed by atoms with Gasteiger partial charge in [0, 0.05) is 0 Å². The van der Waals surface area contributed by atoms with Crippen LogP contribution in [-0.4, -0.2) is 26.2 Å². The summed E-state index contributed by atoms with van der Waals surface area (Å²) >= 11 is 0.870. The molecule has 0 radical (unpaired) electrons. The quantitative estimate of drug-likeness (QED) is 0.870. The van der Waals surface area contributed by atoms with E-state index in [1.165, 1.54) is 35.7 Å². The third-order valence-corrected chi connectivity index (χ3v) is 5.80. The van der Waals surface area contributed by atoms with E-state index in [2.05, 4.69) is 0 Å². The molecular weight excluding hydrogens is 339 g/mol. The highest BCUT2D eigenvalue weighted by Crippen LogP contribution is 2.38. The van der Waals surface area contributed by atoms with Crippen LogP contribution in [0.15, 0.2) is 52.1 Å². The molecule has 1 heterocycles. The highest BCUT2D eigenvalue weighted by atomic mass is 32.2. The van der Waals surface area contributed by atoms with Gasteiger partial charge in [0.05, 0.1) is 6.54 Å². The predicted octanol–water partition coefficient (Wildman–Crippen LogP) is 2.48. The van der Waals surface area contributed by atoms with Gasteiger partial charge in [-0.15, -0.1) is 11.3 Å². The molecule has 0 spiro atoms. The molecule has 0 amide bonds. The van der Waals surface area contributed by atoms with E-state index in [4.69, 9.17) is 0 Å². The smallest absolute Gasteiger partial charge is 0.375 e. The molecule has 0 aliphatic heterocycles. The van der Waals surface area contributed by atoms with E-state index in [0.717, 1.165) is 23.5 Å². The number of hydrogen-bond acceptors (Lipinski definition) is 4. The van der Waals surface area contributed by atoms with E-state index < -0.39 is 33.9 Å². The molecule has 2 rings (SSSR count). The SMILES string of the molecule is O=S(=O)(NCC(O)(c1ccccc1)C(F)(F)F)c1cccs1. The normalized spacial score (nSPS) is 15.5. The van der Waals surface area contributed by atoms with Gasteiger partial charge >= 0.3 is 6.18 Å². The van der Waals surface area contributed by atoms with Gasteiger partial charge in [-0.2, -0.15) is 13.2 Å². The Labute approximate surface area is 129 Å². The Morgan fingerprint density at radius 1 is 1.09 bits per heavy atom.